The van der Waals surface area contributed by atoms with Gasteiger partial charge in [-0.15, -0.1) is 11.3 Å². The average Bonchev–Trinajstić information content (AvgIpc) is 2.82. The molecule has 1 atom stereocenters. The molecule has 0 spiro atoms. The molecule has 1 N–H and O–H groups in total. The number of rotatable bonds is 3. The van der Waals surface area contributed by atoms with E-state index in [1.165, 1.54) is 4.88 Å². The Labute approximate surface area is 106 Å². The Morgan fingerprint density at radius 1 is 1.35 bits per heavy atom. The molecule has 3 heteroatoms. The molecule has 1 aromatic heterocycles. The van der Waals surface area contributed by atoms with Crippen LogP contribution < -0.4 is 5.32 Å². The third-order valence-electron chi connectivity index (χ3n) is 2.70. The summed E-state index contributed by atoms with van der Waals surface area (Å²) in [6.45, 7) is 4.10. The van der Waals surface area contributed by atoms with Crippen LogP contribution in [-0.2, 0) is 0 Å². The molecule has 1 aromatic carbocycles. The first-order valence-electron chi connectivity index (χ1n) is 5.51. The van der Waals surface area contributed by atoms with Crippen molar-refractivity contribution in [3.63, 3.8) is 0 Å². The van der Waals surface area contributed by atoms with Gasteiger partial charge < -0.3 is 5.32 Å². The van der Waals surface area contributed by atoms with Crippen LogP contribution in [0.1, 0.15) is 29.0 Å². The monoisotopic (exact) mass is 242 g/mol. The lowest BCUT2D eigenvalue weighted by Gasteiger charge is -2.14. The normalized spacial score (nSPS) is 11.8. The SMILES string of the molecule is Cc1cc(NC(C)c2cccs2)ccc1C#N. The van der Waals surface area contributed by atoms with Gasteiger partial charge in [0.05, 0.1) is 17.7 Å². The van der Waals surface area contributed by atoms with Crippen molar-refractivity contribution in [3.8, 4) is 6.07 Å². The molecule has 2 aromatic rings. The Morgan fingerprint density at radius 2 is 2.18 bits per heavy atom. The van der Waals surface area contributed by atoms with E-state index in [1.54, 1.807) is 11.3 Å². The quantitative estimate of drug-likeness (QED) is 0.879. The first-order chi connectivity index (χ1) is 8.20. The van der Waals surface area contributed by atoms with Gasteiger partial charge in [-0.25, -0.2) is 0 Å². The van der Waals surface area contributed by atoms with Gasteiger partial charge in [0, 0.05) is 10.6 Å². The number of nitrogens with zero attached hydrogens (tertiary/aromatic N) is 1. The predicted molar refractivity (Wildman–Crippen MR) is 72.3 cm³/mol. The second-order valence-electron chi connectivity index (χ2n) is 4.02. The summed E-state index contributed by atoms with van der Waals surface area (Å²) >= 11 is 1.75. The van der Waals surface area contributed by atoms with Gasteiger partial charge in [-0.05, 0) is 49.1 Å². The van der Waals surface area contributed by atoms with Gasteiger partial charge in [0.15, 0.2) is 0 Å². The van der Waals surface area contributed by atoms with Gasteiger partial charge >= 0.3 is 0 Å². The van der Waals surface area contributed by atoms with Crippen LogP contribution in [-0.4, -0.2) is 0 Å². The maximum atomic E-state index is 8.87. The molecule has 0 saturated heterocycles. The molecule has 1 unspecified atom stereocenters. The summed E-state index contributed by atoms with van der Waals surface area (Å²) < 4.78 is 0. The Morgan fingerprint density at radius 3 is 2.76 bits per heavy atom. The minimum absolute atomic E-state index is 0.294. The molecular weight excluding hydrogens is 228 g/mol. The van der Waals surface area contributed by atoms with Crippen molar-refractivity contribution in [2.75, 3.05) is 5.32 Å². The van der Waals surface area contributed by atoms with E-state index < -0.39 is 0 Å². The molecular formula is C14H14N2S. The van der Waals surface area contributed by atoms with Gasteiger partial charge in [-0.2, -0.15) is 5.26 Å². The number of benzene rings is 1. The van der Waals surface area contributed by atoms with Crippen molar-refractivity contribution < 1.29 is 0 Å². The Bertz CT molecular complexity index is 538. The maximum absolute atomic E-state index is 8.87. The highest BCUT2D eigenvalue weighted by Crippen LogP contribution is 2.24. The van der Waals surface area contributed by atoms with Crippen LogP contribution >= 0.6 is 11.3 Å². The van der Waals surface area contributed by atoms with E-state index >= 15 is 0 Å². The molecule has 2 rings (SSSR count). The molecule has 1 heterocycles. The van der Waals surface area contributed by atoms with Crippen LogP contribution in [0.4, 0.5) is 5.69 Å². The standard InChI is InChI=1S/C14H14N2S/c1-10-8-13(6-5-12(10)9-15)16-11(2)14-4-3-7-17-14/h3-8,11,16H,1-2H3. The third kappa shape index (κ3) is 2.66. The Balaban J connectivity index is 2.15. The molecule has 17 heavy (non-hydrogen) atoms. The number of thiophene rings is 1. The van der Waals surface area contributed by atoms with Crippen LogP contribution in [0.25, 0.3) is 0 Å². The minimum Gasteiger partial charge on any atom is -0.378 e. The third-order valence-corrected chi connectivity index (χ3v) is 3.76. The van der Waals surface area contributed by atoms with Gasteiger partial charge in [0.2, 0.25) is 0 Å². The van der Waals surface area contributed by atoms with Crippen molar-refractivity contribution in [2.24, 2.45) is 0 Å². The van der Waals surface area contributed by atoms with Crippen molar-refractivity contribution in [3.05, 3.63) is 51.7 Å². The lowest BCUT2D eigenvalue weighted by molar-refractivity contribution is 0.907. The summed E-state index contributed by atoms with van der Waals surface area (Å²) in [5.74, 6) is 0. The van der Waals surface area contributed by atoms with Crippen LogP contribution in [0.2, 0.25) is 0 Å². The topological polar surface area (TPSA) is 35.8 Å². The highest BCUT2D eigenvalue weighted by atomic mass is 32.1. The fraction of sp³-hybridized carbons (Fsp3) is 0.214. The van der Waals surface area contributed by atoms with E-state index in [9.17, 15) is 0 Å². The Hall–Kier alpha value is -1.79. The summed E-state index contributed by atoms with van der Waals surface area (Å²) in [6.07, 6.45) is 0. The van der Waals surface area contributed by atoms with E-state index in [1.807, 2.05) is 25.1 Å². The minimum atomic E-state index is 0.294. The summed E-state index contributed by atoms with van der Waals surface area (Å²) in [5, 5.41) is 14.4. The number of nitriles is 1. The molecule has 0 aliphatic rings. The largest absolute Gasteiger partial charge is 0.378 e. The zero-order valence-electron chi connectivity index (χ0n) is 9.90. The van der Waals surface area contributed by atoms with E-state index in [-0.39, 0.29) is 0 Å². The number of nitrogens with one attached hydrogen (secondary N) is 1. The van der Waals surface area contributed by atoms with Crippen LogP contribution in [0, 0.1) is 18.3 Å². The number of hydrogen-bond acceptors (Lipinski definition) is 3. The maximum Gasteiger partial charge on any atom is 0.0994 e. The predicted octanol–water partition coefficient (Wildman–Crippen LogP) is 4.10. The fourth-order valence-electron chi connectivity index (χ4n) is 1.74. The molecule has 2 nitrogen and oxygen atoms in total. The smallest absolute Gasteiger partial charge is 0.0994 e. The zero-order valence-corrected chi connectivity index (χ0v) is 10.7. The van der Waals surface area contributed by atoms with E-state index in [4.69, 9.17) is 5.26 Å². The second kappa shape index (κ2) is 5.03. The first-order valence-corrected chi connectivity index (χ1v) is 6.39. The summed E-state index contributed by atoms with van der Waals surface area (Å²) in [5.41, 5.74) is 2.80. The summed E-state index contributed by atoms with van der Waals surface area (Å²) in [4.78, 5) is 1.31. The highest BCUT2D eigenvalue weighted by Gasteiger charge is 2.06. The van der Waals surface area contributed by atoms with Gasteiger partial charge in [-0.1, -0.05) is 6.07 Å². The molecule has 0 saturated carbocycles. The summed E-state index contributed by atoms with van der Waals surface area (Å²) in [6, 6.07) is 12.5. The van der Waals surface area contributed by atoms with Gasteiger partial charge in [-0.3, -0.25) is 0 Å². The van der Waals surface area contributed by atoms with Crippen LogP contribution in [0.15, 0.2) is 35.7 Å². The van der Waals surface area contributed by atoms with Crippen LogP contribution in [0.5, 0.6) is 0 Å². The van der Waals surface area contributed by atoms with Gasteiger partial charge in [0.1, 0.15) is 0 Å². The molecule has 0 aliphatic carbocycles. The second-order valence-corrected chi connectivity index (χ2v) is 5.00. The molecule has 0 aliphatic heterocycles. The first kappa shape index (κ1) is 11.7. The van der Waals surface area contributed by atoms with Crippen molar-refractivity contribution in [1.82, 2.24) is 0 Å². The molecule has 0 amide bonds. The van der Waals surface area contributed by atoms with E-state index in [0.29, 0.717) is 6.04 Å². The van der Waals surface area contributed by atoms with E-state index in [2.05, 4.69) is 35.8 Å². The fourth-order valence-corrected chi connectivity index (χ4v) is 2.47. The van der Waals surface area contributed by atoms with Crippen LogP contribution in [0.3, 0.4) is 0 Å². The average molecular weight is 242 g/mol. The van der Waals surface area contributed by atoms with Crippen molar-refractivity contribution in [1.29, 1.82) is 5.26 Å². The van der Waals surface area contributed by atoms with Crippen molar-refractivity contribution >= 4 is 17.0 Å². The molecule has 86 valence electrons. The number of anilines is 1. The lowest BCUT2D eigenvalue weighted by Crippen LogP contribution is -2.05. The van der Waals surface area contributed by atoms with Crippen molar-refractivity contribution in [2.45, 2.75) is 19.9 Å². The Kier molecular flexibility index (Phi) is 3.46. The number of hydrogen-bond donors (Lipinski definition) is 1. The number of aryl methyl sites for hydroxylation is 1. The van der Waals surface area contributed by atoms with Gasteiger partial charge in [0.25, 0.3) is 0 Å². The molecule has 0 radical (unpaired) electrons. The zero-order chi connectivity index (χ0) is 12.3. The lowest BCUT2D eigenvalue weighted by atomic mass is 10.1. The highest BCUT2D eigenvalue weighted by molar-refractivity contribution is 7.10. The summed E-state index contributed by atoms with van der Waals surface area (Å²) in [7, 11) is 0. The molecule has 0 fully saturated rings. The van der Waals surface area contributed by atoms with E-state index in [0.717, 1.165) is 16.8 Å². The molecule has 0 bridgehead atoms.